The Morgan fingerprint density at radius 2 is 1.95 bits per heavy atom. The van der Waals surface area contributed by atoms with Crippen LogP contribution in [0.1, 0.15) is 57.8 Å². The van der Waals surface area contributed by atoms with E-state index in [1.807, 2.05) is 0 Å². The summed E-state index contributed by atoms with van der Waals surface area (Å²) >= 11 is 0. The topological polar surface area (TPSA) is 24.5 Å². The molecule has 3 rings (SSSR count). The van der Waals surface area contributed by atoms with Gasteiger partial charge in [-0.15, -0.1) is 0 Å². The van der Waals surface area contributed by atoms with Gasteiger partial charge in [0.1, 0.15) is 0 Å². The Morgan fingerprint density at radius 1 is 1.10 bits per heavy atom. The SMILES string of the molecule is C1CCC2(CC1)CN(CCCOCC1CC1)CCCN2. The molecule has 20 heavy (non-hydrogen) atoms. The Bertz CT molecular complexity index is 285. The van der Waals surface area contributed by atoms with Crippen molar-refractivity contribution in [2.75, 3.05) is 39.4 Å². The monoisotopic (exact) mass is 280 g/mol. The van der Waals surface area contributed by atoms with E-state index >= 15 is 0 Å². The van der Waals surface area contributed by atoms with E-state index in [0.29, 0.717) is 5.54 Å². The molecule has 3 aliphatic rings. The molecule has 3 nitrogen and oxygen atoms in total. The van der Waals surface area contributed by atoms with Crippen LogP contribution < -0.4 is 5.32 Å². The summed E-state index contributed by atoms with van der Waals surface area (Å²) < 4.78 is 5.77. The van der Waals surface area contributed by atoms with Crippen LogP contribution in [-0.4, -0.2) is 49.8 Å². The molecule has 3 heteroatoms. The molecule has 0 radical (unpaired) electrons. The van der Waals surface area contributed by atoms with Crippen molar-refractivity contribution in [1.29, 1.82) is 0 Å². The van der Waals surface area contributed by atoms with Gasteiger partial charge >= 0.3 is 0 Å². The minimum atomic E-state index is 0.448. The van der Waals surface area contributed by atoms with E-state index in [0.717, 1.165) is 19.1 Å². The maximum atomic E-state index is 5.77. The van der Waals surface area contributed by atoms with E-state index < -0.39 is 0 Å². The highest BCUT2D eigenvalue weighted by atomic mass is 16.5. The van der Waals surface area contributed by atoms with Gasteiger partial charge in [-0.2, -0.15) is 0 Å². The van der Waals surface area contributed by atoms with Crippen molar-refractivity contribution in [3.63, 3.8) is 0 Å². The lowest BCUT2D eigenvalue weighted by molar-refractivity contribution is 0.104. The second-order valence-corrected chi connectivity index (χ2v) is 7.27. The minimum absolute atomic E-state index is 0.448. The smallest absolute Gasteiger partial charge is 0.0494 e. The highest BCUT2D eigenvalue weighted by Crippen LogP contribution is 2.30. The number of ether oxygens (including phenoxy) is 1. The highest BCUT2D eigenvalue weighted by molar-refractivity contribution is 4.95. The van der Waals surface area contributed by atoms with Gasteiger partial charge in [0.15, 0.2) is 0 Å². The van der Waals surface area contributed by atoms with Crippen molar-refractivity contribution >= 4 is 0 Å². The largest absolute Gasteiger partial charge is 0.381 e. The average Bonchev–Trinajstić information content (AvgIpc) is 3.28. The molecule has 3 fully saturated rings. The van der Waals surface area contributed by atoms with Gasteiger partial charge < -0.3 is 15.0 Å². The summed E-state index contributed by atoms with van der Waals surface area (Å²) in [6, 6.07) is 0. The Kier molecular flexibility index (Phi) is 5.36. The van der Waals surface area contributed by atoms with Gasteiger partial charge in [-0.1, -0.05) is 19.3 Å². The number of nitrogens with one attached hydrogen (secondary N) is 1. The van der Waals surface area contributed by atoms with E-state index in [1.165, 1.54) is 84.0 Å². The lowest BCUT2D eigenvalue weighted by Gasteiger charge is -2.40. The third-order valence-electron chi connectivity index (χ3n) is 5.30. The summed E-state index contributed by atoms with van der Waals surface area (Å²) in [4.78, 5) is 2.70. The van der Waals surface area contributed by atoms with E-state index in [2.05, 4.69) is 10.2 Å². The molecule has 0 bridgehead atoms. The first-order valence-electron chi connectivity index (χ1n) is 8.91. The molecular weight excluding hydrogens is 248 g/mol. The molecule has 0 aromatic heterocycles. The number of nitrogens with zero attached hydrogens (tertiary/aromatic N) is 1. The van der Waals surface area contributed by atoms with Crippen LogP contribution in [0.15, 0.2) is 0 Å². The molecule has 2 saturated carbocycles. The molecule has 1 heterocycles. The van der Waals surface area contributed by atoms with Crippen molar-refractivity contribution in [3.05, 3.63) is 0 Å². The molecule has 1 N–H and O–H groups in total. The molecular formula is C17H32N2O. The van der Waals surface area contributed by atoms with Crippen LogP contribution in [0.4, 0.5) is 0 Å². The van der Waals surface area contributed by atoms with Gasteiger partial charge in [-0.3, -0.25) is 0 Å². The zero-order chi connectivity index (χ0) is 13.7. The van der Waals surface area contributed by atoms with E-state index in [1.54, 1.807) is 0 Å². The first kappa shape index (κ1) is 14.8. The maximum absolute atomic E-state index is 5.77. The third-order valence-corrected chi connectivity index (χ3v) is 5.30. The van der Waals surface area contributed by atoms with E-state index in [9.17, 15) is 0 Å². The Balaban J connectivity index is 1.38. The standard InChI is InChI=1S/C17H32N2O/c1-2-8-17(9-3-1)15-19(11-4-10-18-17)12-5-13-20-14-16-6-7-16/h16,18H,1-15H2. The molecule has 0 unspecified atom stereocenters. The quantitative estimate of drug-likeness (QED) is 0.757. The van der Waals surface area contributed by atoms with Crippen molar-refractivity contribution in [2.45, 2.75) is 63.3 Å². The normalized spacial score (nSPS) is 27.6. The molecule has 1 saturated heterocycles. The predicted octanol–water partition coefficient (Wildman–Crippen LogP) is 2.80. The van der Waals surface area contributed by atoms with Crippen molar-refractivity contribution in [2.24, 2.45) is 5.92 Å². The fourth-order valence-electron chi connectivity index (χ4n) is 3.90. The summed E-state index contributed by atoms with van der Waals surface area (Å²) in [6.45, 7) is 6.98. The van der Waals surface area contributed by atoms with Gasteiger partial charge in [0.2, 0.25) is 0 Å². The molecule has 1 spiro atoms. The minimum Gasteiger partial charge on any atom is -0.381 e. The van der Waals surface area contributed by atoms with Crippen LogP contribution in [0, 0.1) is 5.92 Å². The van der Waals surface area contributed by atoms with Gasteiger partial charge in [0, 0.05) is 31.8 Å². The van der Waals surface area contributed by atoms with E-state index in [-0.39, 0.29) is 0 Å². The summed E-state index contributed by atoms with van der Waals surface area (Å²) in [5, 5.41) is 3.88. The molecule has 0 aromatic rings. The van der Waals surface area contributed by atoms with Gasteiger partial charge in [-0.25, -0.2) is 0 Å². The van der Waals surface area contributed by atoms with Crippen molar-refractivity contribution < 1.29 is 4.74 Å². The third kappa shape index (κ3) is 4.44. The molecule has 0 amide bonds. The first-order chi connectivity index (χ1) is 9.86. The van der Waals surface area contributed by atoms with Gasteiger partial charge in [-0.05, 0) is 57.5 Å². The lowest BCUT2D eigenvalue weighted by atomic mass is 9.81. The summed E-state index contributed by atoms with van der Waals surface area (Å²) in [6.07, 6.45) is 12.4. The second kappa shape index (κ2) is 7.24. The van der Waals surface area contributed by atoms with Crippen molar-refractivity contribution in [3.8, 4) is 0 Å². The van der Waals surface area contributed by atoms with Gasteiger partial charge in [0.25, 0.3) is 0 Å². The molecule has 2 aliphatic carbocycles. The fourth-order valence-corrected chi connectivity index (χ4v) is 3.90. The summed E-state index contributed by atoms with van der Waals surface area (Å²) in [7, 11) is 0. The Morgan fingerprint density at radius 3 is 2.75 bits per heavy atom. The zero-order valence-electron chi connectivity index (χ0n) is 13.0. The maximum Gasteiger partial charge on any atom is 0.0494 e. The summed E-state index contributed by atoms with van der Waals surface area (Å²) in [5.74, 6) is 0.905. The Labute approximate surface area is 124 Å². The number of rotatable bonds is 6. The van der Waals surface area contributed by atoms with Gasteiger partial charge in [0.05, 0.1) is 0 Å². The fraction of sp³-hybridized carbons (Fsp3) is 1.00. The number of hydrogen-bond acceptors (Lipinski definition) is 3. The van der Waals surface area contributed by atoms with Crippen LogP contribution in [0.25, 0.3) is 0 Å². The number of hydrogen-bond donors (Lipinski definition) is 1. The lowest BCUT2D eigenvalue weighted by Crippen LogP contribution is -2.52. The van der Waals surface area contributed by atoms with Crippen LogP contribution in [0.3, 0.4) is 0 Å². The summed E-state index contributed by atoms with van der Waals surface area (Å²) in [5.41, 5.74) is 0.448. The predicted molar refractivity (Wildman–Crippen MR) is 83.0 cm³/mol. The first-order valence-corrected chi connectivity index (χ1v) is 8.91. The van der Waals surface area contributed by atoms with Crippen LogP contribution in [-0.2, 0) is 4.74 Å². The molecule has 0 aromatic carbocycles. The molecule has 1 aliphatic heterocycles. The Hall–Kier alpha value is -0.120. The van der Waals surface area contributed by atoms with Crippen LogP contribution in [0.2, 0.25) is 0 Å². The van der Waals surface area contributed by atoms with E-state index in [4.69, 9.17) is 4.74 Å². The zero-order valence-corrected chi connectivity index (χ0v) is 13.0. The average molecular weight is 280 g/mol. The highest BCUT2D eigenvalue weighted by Gasteiger charge is 2.34. The molecule has 116 valence electrons. The van der Waals surface area contributed by atoms with Crippen molar-refractivity contribution in [1.82, 2.24) is 10.2 Å². The van der Waals surface area contributed by atoms with Crippen LogP contribution >= 0.6 is 0 Å². The second-order valence-electron chi connectivity index (χ2n) is 7.27. The molecule has 0 atom stereocenters. The van der Waals surface area contributed by atoms with Crippen LogP contribution in [0.5, 0.6) is 0 Å².